The Kier molecular flexibility index (Phi) is 7.02. The van der Waals surface area contributed by atoms with Gasteiger partial charge in [0.05, 0.1) is 32.8 Å². The van der Waals surface area contributed by atoms with E-state index in [9.17, 15) is 4.79 Å². The molecule has 1 amide bonds. The van der Waals surface area contributed by atoms with Crippen LogP contribution in [0.25, 0.3) is 5.69 Å². The fourth-order valence-electron chi connectivity index (χ4n) is 3.92. The van der Waals surface area contributed by atoms with Gasteiger partial charge < -0.3 is 19.4 Å². The Morgan fingerprint density at radius 1 is 1.03 bits per heavy atom. The zero-order valence-electron chi connectivity index (χ0n) is 17.9. The Morgan fingerprint density at radius 2 is 1.71 bits per heavy atom. The number of hydrogen-bond donors (Lipinski definition) is 1. The molecule has 3 aromatic rings. The van der Waals surface area contributed by atoms with Crippen molar-refractivity contribution in [3.63, 3.8) is 0 Å². The van der Waals surface area contributed by atoms with Gasteiger partial charge in [-0.2, -0.15) is 0 Å². The monoisotopic (exact) mass is 419 g/mol. The number of ether oxygens (including phenoxy) is 2. The third-order valence-electron chi connectivity index (χ3n) is 5.68. The molecule has 1 unspecified atom stereocenters. The van der Waals surface area contributed by atoms with E-state index in [4.69, 9.17) is 9.47 Å². The highest BCUT2D eigenvalue weighted by Gasteiger charge is 2.23. The largest absolute Gasteiger partial charge is 0.497 e. The summed E-state index contributed by atoms with van der Waals surface area (Å²) in [6, 6.07) is 20.3. The molecule has 0 radical (unpaired) electrons. The summed E-state index contributed by atoms with van der Waals surface area (Å²) >= 11 is 0. The van der Waals surface area contributed by atoms with Crippen LogP contribution < -0.4 is 10.1 Å². The number of nitrogens with one attached hydrogen (secondary N) is 1. The number of amides is 1. The zero-order valence-corrected chi connectivity index (χ0v) is 17.9. The van der Waals surface area contributed by atoms with Gasteiger partial charge in [-0.15, -0.1) is 0 Å². The quantitative estimate of drug-likeness (QED) is 0.609. The van der Waals surface area contributed by atoms with E-state index in [2.05, 4.69) is 22.3 Å². The lowest BCUT2D eigenvalue weighted by atomic mass is 10.0. The standard InChI is InChI=1S/C25H29N3O3/c1-30-23-10-6-21(7-11-23)24(28-14-16-31-17-15-28)19-26-25(29)18-20-4-8-22(9-5-20)27-12-2-3-13-27/h2-13,24H,14-19H2,1H3,(H,26,29). The van der Waals surface area contributed by atoms with Crippen LogP contribution in [0.1, 0.15) is 17.2 Å². The molecule has 1 aliphatic rings. The van der Waals surface area contributed by atoms with Gasteiger partial charge in [0.2, 0.25) is 5.91 Å². The van der Waals surface area contributed by atoms with E-state index in [0.717, 1.165) is 30.1 Å². The van der Waals surface area contributed by atoms with Crippen molar-refractivity contribution in [2.45, 2.75) is 12.5 Å². The van der Waals surface area contributed by atoms with Gasteiger partial charge in [0, 0.05) is 37.7 Å². The number of aromatic nitrogens is 1. The molecule has 31 heavy (non-hydrogen) atoms. The highest BCUT2D eigenvalue weighted by atomic mass is 16.5. The molecule has 6 nitrogen and oxygen atoms in total. The Labute approximate surface area is 183 Å². The van der Waals surface area contributed by atoms with Gasteiger partial charge in [-0.25, -0.2) is 0 Å². The SMILES string of the molecule is COc1ccc(C(CNC(=O)Cc2ccc(-n3cccc3)cc2)N2CCOCC2)cc1. The van der Waals surface area contributed by atoms with Gasteiger partial charge in [0.1, 0.15) is 5.75 Å². The van der Waals surface area contributed by atoms with Gasteiger partial charge in [0.25, 0.3) is 0 Å². The lowest BCUT2D eigenvalue weighted by Crippen LogP contribution is -2.44. The average Bonchev–Trinajstić information content (AvgIpc) is 3.36. The Bertz CT molecular complexity index is 947. The summed E-state index contributed by atoms with van der Waals surface area (Å²) in [6.07, 6.45) is 4.38. The number of rotatable bonds is 8. The lowest BCUT2D eigenvalue weighted by Gasteiger charge is -2.35. The first-order chi connectivity index (χ1) is 15.2. The van der Waals surface area contributed by atoms with Crippen molar-refractivity contribution in [1.82, 2.24) is 14.8 Å². The van der Waals surface area contributed by atoms with E-state index in [0.29, 0.717) is 26.2 Å². The molecule has 0 aliphatic carbocycles. The molecular formula is C25H29N3O3. The first-order valence-electron chi connectivity index (χ1n) is 10.7. The smallest absolute Gasteiger partial charge is 0.224 e. The second kappa shape index (κ2) is 10.3. The fraction of sp³-hybridized carbons (Fsp3) is 0.320. The van der Waals surface area contributed by atoms with E-state index in [-0.39, 0.29) is 11.9 Å². The molecule has 1 fully saturated rings. The van der Waals surface area contributed by atoms with E-state index >= 15 is 0 Å². The summed E-state index contributed by atoms with van der Waals surface area (Å²) < 4.78 is 12.8. The second-order valence-electron chi connectivity index (χ2n) is 7.67. The van der Waals surface area contributed by atoms with Crippen LogP contribution in [0.3, 0.4) is 0 Å². The molecule has 0 bridgehead atoms. The molecule has 6 heteroatoms. The van der Waals surface area contributed by atoms with Crippen molar-refractivity contribution in [3.05, 3.63) is 84.2 Å². The molecule has 1 aromatic heterocycles. The Hall–Kier alpha value is -3.09. The van der Waals surface area contributed by atoms with Crippen LogP contribution in [-0.4, -0.2) is 55.3 Å². The molecule has 1 N–H and O–H groups in total. The topological polar surface area (TPSA) is 55.7 Å². The van der Waals surface area contributed by atoms with Crippen LogP contribution in [0.4, 0.5) is 0 Å². The molecule has 0 saturated carbocycles. The molecule has 2 aromatic carbocycles. The molecule has 4 rings (SSSR count). The molecule has 1 aliphatic heterocycles. The number of hydrogen-bond acceptors (Lipinski definition) is 4. The van der Waals surface area contributed by atoms with E-state index in [1.165, 1.54) is 5.56 Å². The number of morpholine rings is 1. The molecule has 1 atom stereocenters. The van der Waals surface area contributed by atoms with Crippen molar-refractivity contribution in [2.24, 2.45) is 0 Å². The summed E-state index contributed by atoms with van der Waals surface area (Å²) in [5, 5.41) is 3.14. The summed E-state index contributed by atoms with van der Waals surface area (Å²) in [7, 11) is 1.67. The molecule has 0 spiro atoms. The number of benzene rings is 2. The lowest BCUT2D eigenvalue weighted by molar-refractivity contribution is -0.120. The summed E-state index contributed by atoms with van der Waals surface area (Å²) in [6.45, 7) is 3.70. The van der Waals surface area contributed by atoms with Gasteiger partial charge >= 0.3 is 0 Å². The maximum absolute atomic E-state index is 12.7. The van der Waals surface area contributed by atoms with Crippen LogP contribution in [0.2, 0.25) is 0 Å². The van der Waals surface area contributed by atoms with Crippen LogP contribution in [0.15, 0.2) is 73.1 Å². The fourth-order valence-corrected chi connectivity index (χ4v) is 3.92. The Balaban J connectivity index is 1.38. The first kappa shape index (κ1) is 21.2. The molecular weight excluding hydrogens is 390 g/mol. The first-order valence-corrected chi connectivity index (χ1v) is 10.7. The highest BCUT2D eigenvalue weighted by molar-refractivity contribution is 5.78. The number of nitrogens with zero attached hydrogens (tertiary/aromatic N) is 2. The summed E-state index contributed by atoms with van der Waals surface area (Å²) in [5.41, 5.74) is 3.25. The molecule has 1 saturated heterocycles. The van der Waals surface area contributed by atoms with E-state index in [1.807, 2.05) is 65.5 Å². The van der Waals surface area contributed by atoms with Crippen molar-refractivity contribution in [3.8, 4) is 11.4 Å². The minimum absolute atomic E-state index is 0.0282. The second-order valence-corrected chi connectivity index (χ2v) is 7.67. The van der Waals surface area contributed by atoms with Crippen LogP contribution in [0, 0.1) is 0 Å². The summed E-state index contributed by atoms with van der Waals surface area (Å²) in [5.74, 6) is 0.859. The van der Waals surface area contributed by atoms with Crippen molar-refractivity contribution in [1.29, 1.82) is 0 Å². The maximum Gasteiger partial charge on any atom is 0.224 e. The van der Waals surface area contributed by atoms with Gasteiger partial charge in [-0.05, 0) is 47.5 Å². The van der Waals surface area contributed by atoms with E-state index in [1.54, 1.807) is 7.11 Å². The predicted octanol–water partition coefficient (Wildman–Crippen LogP) is 3.22. The van der Waals surface area contributed by atoms with E-state index < -0.39 is 0 Å². The summed E-state index contributed by atoms with van der Waals surface area (Å²) in [4.78, 5) is 15.0. The van der Waals surface area contributed by atoms with Crippen LogP contribution in [0.5, 0.6) is 5.75 Å². The zero-order chi connectivity index (χ0) is 21.5. The maximum atomic E-state index is 12.7. The normalized spacial score (nSPS) is 15.4. The molecule has 2 heterocycles. The minimum atomic E-state index is 0.0282. The van der Waals surface area contributed by atoms with Gasteiger partial charge in [0.15, 0.2) is 0 Å². The van der Waals surface area contributed by atoms with Crippen molar-refractivity contribution in [2.75, 3.05) is 40.0 Å². The number of carbonyl (C=O) groups excluding carboxylic acids is 1. The average molecular weight is 420 g/mol. The third kappa shape index (κ3) is 5.54. The minimum Gasteiger partial charge on any atom is -0.497 e. The highest BCUT2D eigenvalue weighted by Crippen LogP contribution is 2.23. The van der Waals surface area contributed by atoms with Crippen LogP contribution in [-0.2, 0) is 16.0 Å². The van der Waals surface area contributed by atoms with Gasteiger partial charge in [-0.3, -0.25) is 9.69 Å². The Morgan fingerprint density at radius 3 is 2.35 bits per heavy atom. The van der Waals surface area contributed by atoms with Gasteiger partial charge in [-0.1, -0.05) is 24.3 Å². The molecule has 162 valence electrons. The van der Waals surface area contributed by atoms with Crippen molar-refractivity contribution >= 4 is 5.91 Å². The van der Waals surface area contributed by atoms with Crippen LogP contribution >= 0.6 is 0 Å². The third-order valence-corrected chi connectivity index (χ3v) is 5.68. The number of carbonyl (C=O) groups is 1. The van der Waals surface area contributed by atoms with Crippen molar-refractivity contribution < 1.29 is 14.3 Å². The number of methoxy groups -OCH3 is 1. The predicted molar refractivity (Wildman–Crippen MR) is 121 cm³/mol.